The molecule has 1 saturated carbocycles. The van der Waals surface area contributed by atoms with Crippen molar-refractivity contribution in [3.8, 4) is 0 Å². The van der Waals surface area contributed by atoms with Crippen molar-refractivity contribution in [3.63, 3.8) is 0 Å². The van der Waals surface area contributed by atoms with Gasteiger partial charge in [0.1, 0.15) is 0 Å². The second-order valence-electron chi connectivity index (χ2n) is 16.3. The third kappa shape index (κ3) is 21.7. The lowest BCUT2D eigenvalue weighted by Crippen LogP contribution is -2.32. The smallest absolute Gasteiger partial charge is 0.0949 e. The molecule has 294 valence electrons. The molecule has 0 bridgehead atoms. The van der Waals surface area contributed by atoms with E-state index in [9.17, 15) is 0 Å². The molecular weight excluding hydrogens is 620 g/mol. The number of unbranched alkanes of at least 4 members (excludes halogenated alkanes) is 11. The number of allylic oxidation sites excluding steroid dienone is 3. The predicted molar refractivity (Wildman–Crippen MR) is 213 cm³/mol. The lowest BCUT2D eigenvalue weighted by molar-refractivity contribution is -0.300. The monoisotopic (exact) mass is 705 g/mol. The van der Waals surface area contributed by atoms with Gasteiger partial charge in [-0.05, 0) is 96.8 Å². The summed E-state index contributed by atoms with van der Waals surface area (Å²) in [5, 5.41) is 0. The SMILES string of the molecule is CCCCCCC1C=C[C@@H](CCCCCCCCOOCCN(C)C)C(/C=C2\CCCCCCC2COOCCN(C)C)C1CCCCCC. The zero-order valence-electron chi connectivity index (χ0n) is 34.2. The van der Waals surface area contributed by atoms with Crippen LogP contribution in [0.3, 0.4) is 0 Å². The van der Waals surface area contributed by atoms with Crippen LogP contribution in [0.25, 0.3) is 0 Å². The van der Waals surface area contributed by atoms with Crippen molar-refractivity contribution >= 4 is 0 Å². The first kappa shape index (κ1) is 45.4. The van der Waals surface area contributed by atoms with E-state index in [0.29, 0.717) is 44.2 Å². The minimum absolute atomic E-state index is 0.493. The predicted octanol–water partition coefficient (Wildman–Crippen LogP) is 11.6. The highest BCUT2D eigenvalue weighted by atomic mass is 17.2. The fourth-order valence-corrected chi connectivity index (χ4v) is 8.14. The second-order valence-corrected chi connectivity index (χ2v) is 16.3. The fourth-order valence-electron chi connectivity index (χ4n) is 8.14. The zero-order chi connectivity index (χ0) is 36.1. The van der Waals surface area contributed by atoms with Gasteiger partial charge in [-0.3, -0.25) is 0 Å². The summed E-state index contributed by atoms with van der Waals surface area (Å²) in [7, 11) is 8.29. The van der Waals surface area contributed by atoms with Gasteiger partial charge in [0.15, 0.2) is 0 Å². The van der Waals surface area contributed by atoms with Crippen molar-refractivity contribution in [2.24, 2.45) is 29.6 Å². The maximum absolute atomic E-state index is 5.94. The fraction of sp³-hybridized carbons (Fsp3) is 0.909. The molecule has 50 heavy (non-hydrogen) atoms. The molecule has 4 unspecified atom stereocenters. The van der Waals surface area contributed by atoms with Gasteiger partial charge in [-0.15, -0.1) is 0 Å². The quantitative estimate of drug-likeness (QED) is 0.0321. The van der Waals surface area contributed by atoms with Crippen LogP contribution in [-0.4, -0.2) is 77.5 Å². The van der Waals surface area contributed by atoms with E-state index >= 15 is 0 Å². The van der Waals surface area contributed by atoms with E-state index < -0.39 is 0 Å². The summed E-state index contributed by atoms with van der Waals surface area (Å²) in [5.41, 5.74) is 1.70. The van der Waals surface area contributed by atoms with E-state index in [0.717, 1.165) is 31.3 Å². The Morgan fingerprint density at radius 3 is 1.80 bits per heavy atom. The molecule has 0 N–H and O–H groups in total. The van der Waals surface area contributed by atoms with Crippen LogP contribution in [0.15, 0.2) is 23.8 Å². The highest BCUT2D eigenvalue weighted by Gasteiger charge is 2.35. The van der Waals surface area contributed by atoms with Crippen LogP contribution in [0.1, 0.15) is 162 Å². The molecule has 6 heteroatoms. The summed E-state index contributed by atoms with van der Waals surface area (Å²) in [4.78, 5) is 26.6. The van der Waals surface area contributed by atoms with Gasteiger partial charge in [0.25, 0.3) is 0 Å². The Labute approximate surface area is 311 Å². The number of rotatable bonds is 30. The van der Waals surface area contributed by atoms with Gasteiger partial charge in [-0.1, -0.05) is 140 Å². The molecular formula is C44H84N2O4. The maximum Gasteiger partial charge on any atom is 0.0949 e. The van der Waals surface area contributed by atoms with Crippen LogP contribution in [-0.2, 0) is 19.6 Å². The number of hydrogen-bond donors (Lipinski definition) is 0. The molecule has 0 aromatic heterocycles. The van der Waals surface area contributed by atoms with Gasteiger partial charge in [-0.2, -0.15) is 0 Å². The first-order valence-corrected chi connectivity index (χ1v) is 21.6. The van der Waals surface area contributed by atoms with Gasteiger partial charge < -0.3 is 9.80 Å². The van der Waals surface area contributed by atoms with Crippen LogP contribution in [0, 0.1) is 29.6 Å². The largest absolute Gasteiger partial charge is 0.307 e. The summed E-state index contributed by atoms with van der Waals surface area (Å²) < 4.78 is 0. The average Bonchev–Trinajstić information content (AvgIpc) is 3.08. The third-order valence-electron chi connectivity index (χ3n) is 11.3. The van der Waals surface area contributed by atoms with Crippen molar-refractivity contribution in [1.29, 1.82) is 0 Å². The van der Waals surface area contributed by atoms with E-state index in [1.54, 1.807) is 5.57 Å². The summed E-state index contributed by atoms with van der Waals surface area (Å²) in [6, 6.07) is 0. The minimum Gasteiger partial charge on any atom is -0.307 e. The highest BCUT2D eigenvalue weighted by molar-refractivity contribution is 5.17. The standard InChI is InChI=1S/C44H84N2O4/c1-7-9-11-19-25-39-30-31-40(26-20-15-13-14-18-24-34-47-48-35-32-45(3)4)44(43(39)29-23-12-10-8-2)37-41-27-21-16-17-22-28-42(41)38-50-49-36-33-46(5)6/h30-31,37,39-40,42-44H,7-29,32-36,38H2,1-6H3/b41-37+/t39?,40-,42?,43?,44?/m1/s1. The Morgan fingerprint density at radius 2 is 1.12 bits per heavy atom. The first-order chi connectivity index (χ1) is 24.5. The molecule has 6 nitrogen and oxygen atoms in total. The summed E-state index contributed by atoms with van der Waals surface area (Å²) in [5.74, 6) is 3.33. The molecule has 0 aromatic rings. The van der Waals surface area contributed by atoms with Crippen molar-refractivity contribution in [3.05, 3.63) is 23.8 Å². The molecule has 2 rings (SSSR count). The molecule has 0 aliphatic heterocycles. The molecule has 0 spiro atoms. The Balaban J connectivity index is 2.10. The number of hydrogen-bond acceptors (Lipinski definition) is 6. The molecule has 2 aliphatic rings. The Bertz CT molecular complexity index is 831. The maximum atomic E-state index is 5.94. The van der Waals surface area contributed by atoms with E-state index in [1.807, 2.05) is 0 Å². The molecule has 1 fully saturated rings. The summed E-state index contributed by atoms with van der Waals surface area (Å²) in [6.45, 7) is 9.17. The second kappa shape index (κ2) is 30.7. The van der Waals surface area contributed by atoms with Crippen LogP contribution < -0.4 is 0 Å². The van der Waals surface area contributed by atoms with Gasteiger partial charge in [0.2, 0.25) is 0 Å². The van der Waals surface area contributed by atoms with Crippen LogP contribution in [0.4, 0.5) is 0 Å². The molecule has 0 heterocycles. The van der Waals surface area contributed by atoms with Crippen molar-refractivity contribution in [2.45, 2.75) is 162 Å². The minimum atomic E-state index is 0.493. The molecule has 0 aromatic carbocycles. The lowest BCUT2D eigenvalue weighted by Gasteiger charge is -2.40. The van der Waals surface area contributed by atoms with E-state index in [-0.39, 0.29) is 0 Å². The van der Waals surface area contributed by atoms with Crippen molar-refractivity contribution in [2.75, 3.05) is 67.7 Å². The summed E-state index contributed by atoms with van der Waals surface area (Å²) >= 11 is 0. The average molecular weight is 705 g/mol. The molecule has 0 saturated heterocycles. The van der Waals surface area contributed by atoms with Gasteiger partial charge in [0.05, 0.1) is 26.4 Å². The normalized spacial score (nSPS) is 24.0. The van der Waals surface area contributed by atoms with Gasteiger partial charge >= 0.3 is 0 Å². The van der Waals surface area contributed by atoms with Crippen LogP contribution in [0.5, 0.6) is 0 Å². The van der Waals surface area contributed by atoms with Crippen LogP contribution >= 0.6 is 0 Å². The van der Waals surface area contributed by atoms with Crippen molar-refractivity contribution < 1.29 is 19.6 Å². The Hall–Kier alpha value is -0.760. The number of likely N-dealkylation sites (N-methyl/N-ethyl adjacent to an activating group) is 2. The van der Waals surface area contributed by atoms with Gasteiger partial charge in [-0.25, -0.2) is 19.6 Å². The third-order valence-corrected chi connectivity index (χ3v) is 11.3. The molecule has 2 aliphatic carbocycles. The van der Waals surface area contributed by atoms with Crippen molar-refractivity contribution in [1.82, 2.24) is 9.80 Å². The van der Waals surface area contributed by atoms with E-state index in [4.69, 9.17) is 19.6 Å². The van der Waals surface area contributed by atoms with E-state index in [2.05, 4.69) is 70.1 Å². The molecule has 0 amide bonds. The topological polar surface area (TPSA) is 43.4 Å². The molecule has 5 atom stereocenters. The van der Waals surface area contributed by atoms with Gasteiger partial charge in [0, 0.05) is 19.0 Å². The van der Waals surface area contributed by atoms with E-state index in [1.165, 1.54) is 141 Å². The molecule has 0 radical (unpaired) electrons. The lowest BCUT2D eigenvalue weighted by atomic mass is 9.65. The highest BCUT2D eigenvalue weighted by Crippen LogP contribution is 2.44. The number of nitrogens with zero attached hydrogens (tertiary/aromatic N) is 2. The Morgan fingerprint density at radius 1 is 0.580 bits per heavy atom. The first-order valence-electron chi connectivity index (χ1n) is 21.6. The Kier molecular flexibility index (Phi) is 27.9. The summed E-state index contributed by atoms with van der Waals surface area (Å²) in [6.07, 6.45) is 38.8. The van der Waals surface area contributed by atoms with Crippen LogP contribution in [0.2, 0.25) is 0 Å². The zero-order valence-corrected chi connectivity index (χ0v) is 34.2.